The molecule has 2 N–H and O–H groups in total. The Morgan fingerprint density at radius 3 is 2.74 bits per heavy atom. The van der Waals surface area contributed by atoms with Crippen molar-refractivity contribution in [2.75, 3.05) is 18.9 Å². The third-order valence-electron chi connectivity index (χ3n) is 2.83. The van der Waals surface area contributed by atoms with Crippen molar-refractivity contribution in [3.8, 4) is 0 Å². The number of rotatable bonds is 8. The predicted octanol–water partition coefficient (Wildman–Crippen LogP) is 2.28. The lowest BCUT2D eigenvalue weighted by molar-refractivity contribution is -0.150. The van der Waals surface area contributed by atoms with Gasteiger partial charge in [0.1, 0.15) is 6.04 Å². The fraction of sp³-hybridized carbons (Fsp3) is 0.692. The fourth-order valence-electron chi connectivity index (χ4n) is 2.04. The number of nitrogens with zero attached hydrogens (tertiary/aromatic N) is 2. The number of esters is 1. The summed E-state index contributed by atoms with van der Waals surface area (Å²) in [5.41, 5.74) is 5.64. The Balaban J connectivity index is 2.75. The van der Waals surface area contributed by atoms with Crippen molar-refractivity contribution in [3.05, 3.63) is 11.1 Å². The number of nitrogens with two attached hydrogens (primary N) is 1. The van der Waals surface area contributed by atoms with E-state index in [9.17, 15) is 4.79 Å². The molecule has 0 spiro atoms. The van der Waals surface area contributed by atoms with Crippen LogP contribution in [-0.4, -0.2) is 35.0 Å². The van der Waals surface area contributed by atoms with Crippen LogP contribution in [0, 0.1) is 0 Å². The van der Waals surface area contributed by atoms with E-state index in [4.69, 9.17) is 10.5 Å². The quantitative estimate of drug-likeness (QED) is 0.742. The summed E-state index contributed by atoms with van der Waals surface area (Å²) in [4.78, 5) is 19.3. The van der Waals surface area contributed by atoms with E-state index in [1.807, 2.05) is 13.8 Å². The van der Waals surface area contributed by atoms with Gasteiger partial charge in [-0.15, -0.1) is 11.3 Å². The highest BCUT2D eigenvalue weighted by molar-refractivity contribution is 7.15. The summed E-state index contributed by atoms with van der Waals surface area (Å²) in [6.07, 6.45) is 3.51. The van der Waals surface area contributed by atoms with Gasteiger partial charge < -0.3 is 10.5 Å². The molecule has 0 aliphatic rings. The van der Waals surface area contributed by atoms with Crippen molar-refractivity contribution >= 4 is 22.4 Å². The van der Waals surface area contributed by atoms with Crippen LogP contribution in [0.1, 0.15) is 38.5 Å². The van der Waals surface area contributed by atoms with Crippen LogP contribution in [0.15, 0.2) is 6.20 Å². The lowest BCUT2D eigenvalue weighted by Crippen LogP contribution is -2.41. The maximum atomic E-state index is 12.0. The first-order valence-electron chi connectivity index (χ1n) is 6.73. The highest BCUT2D eigenvalue weighted by Gasteiger charge is 2.25. The molecule has 0 saturated heterocycles. The Morgan fingerprint density at radius 1 is 1.53 bits per heavy atom. The van der Waals surface area contributed by atoms with E-state index >= 15 is 0 Å². The van der Waals surface area contributed by atoms with E-state index in [0.717, 1.165) is 24.3 Å². The molecule has 1 aromatic rings. The van der Waals surface area contributed by atoms with Crippen molar-refractivity contribution in [2.45, 2.75) is 46.2 Å². The predicted molar refractivity (Wildman–Crippen MR) is 77.9 cm³/mol. The van der Waals surface area contributed by atoms with Gasteiger partial charge in [-0.25, -0.2) is 4.98 Å². The molecule has 0 aromatic carbocycles. The molecule has 0 bridgehead atoms. The highest BCUT2D eigenvalue weighted by atomic mass is 32.1. The van der Waals surface area contributed by atoms with Crippen LogP contribution >= 0.6 is 11.3 Å². The van der Waals surface area contributed by atoms with Crippen LogP contribution in [0.25, 0.3) is 0 Å². The largest absolute Gasteiger partial charge is 0.465 e. The van der Waals surface area contributed by atoms with Gasteiger partial charge in [0, 0.05) is 17.6 Å². The SMILES string of the molecule is CCCN(Cc1cnc(N)s1)C(CC)C(=O)OCC. The van der Waals surface area contributed by atoms with Crippen molar-refractivity contribution in [3.63, 3.8) is 0 Å². The van der Waals surface area contributed by atoms with Gasteiger partial charge in [-0.2, -0.15) is 0 Å². The average Bonchev–Trinajstić information content (AvgIpc) is 2.76. The Labute approximate surface area is 118 Å². The lowest BCUT2D eigenvalue weighted by Gasteiger charge is -2.28. The zero-order valence-corrected chi connectivity index (χ0v) is 12.7. The van der Waals surface area contributed by atoms with Crippen LogP contribution in [0.5, 0.6) is 0 Å². The molecule has 1 aromatic heterocycles. The Hall–Kier alpha value is -1.14. The second-order valence-electron chi connectivity index (χ2n) is 4.31. The van der Waals surface area contributed by atoms with E-state index < -0.39 is 0 Å². The second-order valence-corrected chi connectivity index (χ2v) is 5.46. The minimum absolute atomic E-state index is 0.143. The van der Waals surface area contributed by atoms with Crippen molar-refractivity contribution < 1.29 is 9.53 Å². The van der Waals surface area contributed by atoms with E-state index in [1.165, 1.54) is 11.3 Å². The van der Waals surface area contributed by atoms with Gasteiger partial charge in [0.05, 0.1) is 6.61 Å². The van der Waals surface area contributed by atoms with Crippen molar-refractivity contribution in [1.82, 2.24) is 9.88 Å². The summed E-state index contributed by atoms with van der Waals surface area (Å²) in [5, 5.41) is 0.565. The van der Waals surface area contributed by atoms with E-state index in [0.29, 0.717) is 18.3 Å². The molecule has 108 valence electrons. The Bertz CT molecular complexity index is 395. The van der Waals surface area contributed by atoms with E-state index in [1.54, 1.807) is 6.20 Å². The van der Waals surface area contributed by atoms with Crippen molar-refractivity contribution in [1.29, 1.82) is 0 Å². The molecule has 1 atom stereocenters. The summed E-state index contributed by atoms with van der Waals surface area (Å²) in [6, 6.07) is -0.191. The number of hydrogen-bond donors (Lipinski definition) is 1. The van der Waals surface area contributed by atoms with Crippen LogP contribution in [0.4, 0.5) is 5.13 Å². The van der Waals surface area contributed by atoms with E-state index in [2.05, 4.69) is 16.8 Å². The summed E-state index contributed by atoms with van der Waals surface area (Å²) in [6.45, 7) is 7.91. The van der Waals surface area contributed by atoms with Gasteiger partial charge in [0.15, 0.2) is 5.13 Å². The summed E-state index contributed by atoms with van der Waals surface area (Å²) >= 11 is 1.47. The lowest BCUT2D eigenvalue weighted by atomic mass is 10.1. The van der Waals surface area contributed by atoms with Gasteiger partial charge in [0.25, 0.3) is 0 Å². The number of hydrogen-bond acceptors (Lipinski definition) is 6. The molecule has 19 heavy (non-hydrogen) atoms. The molecular weight excluding hydrogens is 262 g/mol. The molecule has 0 aliphatic carbocycles. The first kappa shape index (κ1) is 15.9. The van der Waals surface area contributed by atoms with Gasteiger partial charge in [-0.3, -0.25) is 9.69 Å². The first-order chi connectivity index (χ1) is 9.12. The second kappa shape index (κ2) is 8.12. The number of carbonyl (C=O) groups excluding carboxylic acids is 1. The molecule has 0 fully saturated rings. The van der Waals surface area contributed by atoms with Gasteiger partial charge in [0.2, 0.25) is 0 Å². The molecule has 0 amide bonds. The first-order valence-corrected chi connectivity index (χ1v) is 7.54. The monoisotopic (exact) mass is 285 g/mol. The van der Waals surface area contributed by atoms with Crippen LogP contribution < -0.4 is 5.73 Å². The summed E-state index contributed by atoms with van der Waals surface area (Å²) in [7, 11) is 0. The average molecular weight is 285 g/mol. The van der Waals surface area contributed by atoms with Crippen molar-refractivity contribution in [2.24, 2.45) is 0 Å². The molecule has 1 unspecified atom stereocenters. The summed E-state index contributed by atoms with van der Waals surface area (Å²) in [5.74, 6) is -0.143. The Morgan fingerprint density at radius 2 is 2.26 bits per heavy atom. The maximum Gasteiger partial charge on any atom is 0.323 e. The number of nitrogen functional groups attached to an aromatic ring is 1. The van der Waals surface area contributed by atoms with E-state index in [-0.39, 0.29) is 12.0 Å². The standard InChI is InChI=1S/C13H23N3O2S/c1-4-7-16(9-10-8-15-13(14)19-10)11(5-2)12(17)18-6-3/h8,11H,4-7,9H2,1-3H3,(H2,14,15). The summed E-state index contributed by atoms with van der Waals surface area (Å²) < 4.78 is 5.15. The Kier molecular flexibility index (Phi) is 6.80. The number of thiazole rings is 1. The number of carbonyl (C=O) groups is 1. The zero-order chi connectivity index (χ0) is 14.3. The van der Waals surface area contributed by atoms with Crippen LogP contribution in [0.2, 0.25) is 0 Å². The minimum atomic E-state index is -0.191. The molecule has 0 aliphatic heterocycles. The molecule has 0 radical (unpaired) electrons. The maximum absolute atomic E-state index is 12.0. The number of aromatic nitrogens is 1. The molecule has 1 heterocycles. The highest BCUT2D eigenvalue weighted by Crippen LogP contribution is 2.19. The molecule has 0 saturated carbocycles. The van der Waals surface area contributed by atoms with Gasteiger partial charge in [-0.1, -0.05) is 13.8 Å². The van der Waals surface area contributed by atoms with Crippen LogP contribution in [0.3, 0.4) is 0 Å². The van der Waals surface area contributed by atoms with Crippen LogP contribution in [-0.2, 0) is 16.1 Å². The van der Waals surface area contributed by atoms with Gasteiger partial charge >= 0.3 is 5.97 Å². The molecule has 5 nitrogen and oxygen atoms in total. The topological polar surface area (TPSA) is 68.5 Å². The minimum Gasteiger partial charge on any atom is -0.465 e. The normalized spacial score (nSPS) is 12.6. The zero-order valence-electron chi connectivity index (χ0n) is 11.9. The molecule has 1 rings (SSSR count). The van der Waals surface area contributed by atoms with Gasteiger partial charge in [-0.05, 0) is 26.3 Å². The third kappa shape index (κ3) is 4.80. The number of anilines is 1. The number of ether oxygens (including phenoxy) is 1. The third-order valence-corrected chi connectivity index (χ3v) is 3.64. The molecular formula is C13H23N3O2S. The molecule has 6 heteroatoms. The fourth-order valence-corrected chi connectivity index (χ4v) is 2.75. The smallest absolute Gasteiger partial charge is 0.323 e.